The van der Waals surface area contributed by atoms with Gasteiger partial charge in [-0.3, -0.25) is 43.6 Å². The molecule has 2 aliphatic heterocycles. The fourth-order valence-corrected chi connectivity index (χ4v) is 7.46. The second-order valence-corrected chi connectivity index (χ2v) is 15.1. The summed E-state index contributed by atoms with van der Waals surface area (Å²) in [5.74, 6) is -4.80. The van der Waals surface area contributed by atoms with E-state index in [9.17, 15) is 43.2 Å². The molecule has 2 fully saturated rings. The fourth-order valence-electron chi connectivity index (χ4n) is 5.92. The molecule has 20 nitrogen and oxygen atoms in total. The van der Waals surface area contributed by atoms with Gasteiger partial charge in [0.2, 0.25) is 47.3 Å². The monoisotopic (exact) mass is 784 g/mol. The lowest BCUT2D eigenvalue weighted by atomic mass is 9.93. The summed E-state index contributed by atoms with van der Waals surface area (Å²) in [6, 6.07) is -1.84. The molecule has 21 heteroatoms. The van der Waals surface area contributed by atoms with Gasteiger partial charge in [-0.05, 0) is 51.4 Å². The molecule has 0 saturated carbocycles. The van der Waals surface area contributed by atoms with Crippen LogP contribution in [0.5, 0.6) is 0 Å². The Hall–Kier alpha value is -4.66. The Labute approximate surface area is 318 Å². The summed E-state index contributed by atoms with van der Waals surface area (Å²) >= 11 is 1.84. The number of nitrogens with two attached hydrogens (primary N) is 1. The van der Waals surface area contributed by atoms with E-state index < -0.39 is 79.0 Å². The smallest absolute Gasteiger partial charge is 0.315 e. The number of hydrogen-bond donors (Lipinski definition) is 11. The van der Waals surface area contributed by atoms with E-state index in [1.165, 1.54) is 12.4 Å². The highest BCUT2D eigenvalue weighted by atomic mass is 32.2. The molecule has 0 aromatic rings. The van der Waals surface area contributed by atoms with Crippen LogP contribution < -0.4 is 53.7 Å². The molecule has 0 aromatic heterocycles. The molecule has 0 aromatic carbocycles. The highest BCUT2D eigenvalue weighted by Gasteiger charge is 2.42. The molecule has 0 spiro atoms. The van der Waals surface area contributed by atoms with Crippen LogP contribution in [0.2, 0.25) is 0 Å². The van der Waals surface area contributed by atoms with Gasteiger partial charge in [0, 0.05) is 36.3 Å². The summed E-state index contributed by atoms with van der Waals surface area (Å²) in [6.45, 7) is 3.96. The standard InChI is InChI=1S/C33H56N10O10S/c1-18(2)12-20(13-25(45)43-53)32(51)39-19(3)31(50)38-15-27(47)36-14-26(46)37-16-28(48)40-21(30(34)49)8-6-7-11-35-24(44)10-5-4-9-23-29-22(17-54-23)41-33(52)42-29/h18-23,29,53H,4-17H2,1-3H3,(H2,34,49)(H,35,44)(H,36,47)(H,37,46)(H,38,50)(H,39,51)(H,40,48)(H,43,45)(H2,41,42,52)/t19-,20?,21-,22-,23-,29-/m0/s1. The summed E-state index contributed by atoms with van der Waals surface area (Å²) in [5.41, 5.74) is 6.90. The molecule has 6 atom stereocenters. The number of hydrogen-bond acceptors (Lipinski definition) is 11. The lowest BCUT2D eigenvalue weighted by Gasteiger charge is -2.20. The second-order valence-electron chi connectivity index (χ2n) is 13.8. The van der Waals surface area contributed by atoms with E-state index in [2.05, 4.69) is 42.5 Å². The first-order valence-electron chi connectivity index (χ1n) is 18.2. The number of carbonyl (C=O) groups is 9. The first kappa shape index (κ1) is 45.5. The highest BCUT2D eigenvalue weighted by Crippen LogP contribution is 2.33. The van der Waals surface area contributed by atoms with Gasteiger partial charge in [0.15, 0.2) is 0 Å². The minimum Gasteiger partial charge on any atom is -0.368 e. The van der Waals surface area contributed by atoms with Crippen LogP contribution in [0.25, 0.3) is 0 Å². The van der Waals surface area contributed by atoms with E-state index in [1.54, 1.807) is 0 Å². The molecule has 54 heavy (non-hydrogen) atoms. The Kier molecular flexibility index (Phi) is 20.1. The lowest BCUT2D eigenvalue weighted by molar-refractivity contribution is -0.136. The zero-order valence-electron chi connectivity index (χ0n) is 31.0. The number of urea groups is 1. The minimum atomic E-state index is -1.05. The maximum Gasteiger partial charge on any atom is 0.315 e. The highest BCUT2D eigenvalue weighted by molar-refractivity contribution is 8.00. The molecular weight excluding hydrogens is 728 g/mol. The zero-order valence-corrected chi connectivity index (χ0v) is 31.9. The van der Waals surface area contributed by atoms with Gasteiger partial charge in [-0.1, -0.05) is 20.3 Å². The van der Waals surface area contributed by atoms with Crippen LogP contribution in [0.15, 0.2) is 0 Å². The van der Waals surface area contributed by atoms with Gasteiger partial charge in [0.1, 0.15) is 12.1 Å². The van der Waals surface area contributed by atoms with Crippen LogP contribution in [0.3, 0.4) is 0 Å². The van der Waals surface area contributed by atoms with Crippen molar-refractivity contribution in [3.63, 3.8) is 0 Å². The molecule has 0 bridgehead atoms. The number of hydroxylamine groups is 1. The fraction of sp³-hybridized carbons (Fsp3) is 0.727. The summed E-state index contributed by atoms with van der Waals surface area (Å²) < 4.78 is 0. The quantitative estimate of drug-likeness (QED) is 0.0197. The third kappa shape index (κ3) is 17.4. The third-order valence-corrected chi connectivity index (χ3v) is 10.3. The van der Waals surface area contributed by atoms with E-state index in [-0.39, 0.29) is 42.8 Å². The molecular formula is C33H56N10O10S. The maximum atomic E-state index is 12.6. The Bertz CT molecular complexity index is 1350. The second kappa shape index (κ2) is 23.9. The van der Waals surface area contributed by atoms with E-state index in [4.69, 9.17) is 10.9 Å². The van der Waals surface area contributed by atoms with Crippen molar-refractivity contribution in [1.29, 1.82) is 0 Å². The number of unbranched alkanes of at least 4 members (excludes halogenated alkanes) is 2. The van der Waals surface area contributed by atoms with E-state index >= 15 is 0 Å². The van der Waals surface area contributed by atoms with Gasteiger partial charge < -0.3 is 48.3 Å². The number of rotatable bonds is 25. The Morgan fingerprint density at radius 1 is 0.796 bits per heavy atom. The molecule has 12 N–H and O–H groups in total. The van der Waals surface area contributed by atoms with Crippen molar-refractivity contribution in [3.05, 3.63) is 0 Å². The van der Waals surface area contributed by atoms with Crippen LogP contribution in [0.1, 0.15) is 78.6 Å². The molecule has 304 valence electrons. The maximum absolute atomic E-state index is 12.6. The Morgan fingerprint density at radius 2 is 1.46 bits per heavy atom. The number of nitrogens with one attached hydrogen (secondary N) is 9. The molecule has 2 rings (SSSR count). The Morgan fingerprint density at radius 3 is 2.11 bits per heavy atom. The molecule has 10 amide bonds. The molecule has 0 radical (unpaired) electrons. The minimum absolute atomic E-state index is 0.0579. The van der Waals surface area contributed by atoms with Crippen molar-refractivity contribution in [3.8, 4) is 0 Å². The average Bonchev–Trinajstić information content (AvgIpc) is 3.67. The lowest BCUT2D eigenvalue weighted by Crippen LogP contribution is -2.50. The van der Waals surface area contributed by atoms with Crippen LogP contribution in [0, 0.1) is 11.8 Å². The van der Waals surface area contributed by atoms with Crippen molar-refractivity contribution in [2.75, 3.05) is 31.9 Å². The molecule has 0 aliphatic carbocycles. The summed E-state index contributed by atoms with van der Waals surface area (Å²) in [7, 11) is 0. The summed E-state index contributed by atoms with van der Waals surface area (Å²) in [6.07, 6.45) is 4.23. The number of amides is 10. The normalized spacial score (nSPS) is 18.8. The van der Waals surface area contributed by atoms with Gasteiger partial charge in [-0.2, -0.15) is 11.8 Å². The van der Waals surface area contributed by atoms with Gasteiger partial charge >= 0.3 is 6.03 Å². The van der Waals surface area contributed by atoms with Crippen LogP contribution in [-0.4, -0.2) is 120 Å². The Balaban J connectivity index is 1.55. The zero-order chi connectivity index (χ0) is 40.2. The summed E-state index contributed by atoms with van der Waals surface area (Å²) in [4.78, 5) is 109. The predicted molar refractivity (Wildman–Crippen MR) is 196 cm³/mol. The topological polar surface area (TPSA) is 308 Å². The van der Waals surface area contributed by atoms with E-state index in [0.29, 0.717) is 37.5 Å². The van der Waals surface area contributed by atoms with Crippen molar-refractivity contribution < 1.29 is 48.4 Å². The first-order valence-corrected chi connectivity index (χ1v) is 19.2. The van der Waals surface area contributed by atoms with Gasteiger partial charge in [-0.15, -0.1) is 0 Å². The molecule has 2 heterocycles. The van der Waals surface area contributed by atoms with Gasteiger partial charge in [-0.25, -0.2) is 10.3 Å². The van der Waals surface area contributed by atoms with Crippen molar-refractivity contribution in [2.24, 2.45) is 17.6 Å². The number of carbonyl (C=O) groups excluding carboxylic acids is 9. The molecule has 2 saturated heterocycles. The van der Waals surface area contributed by atoms with Crippen LogP contribution in [-0.2, 0) is 38.4 Å². The van der Waals surface area contributed by atoms with E-state index in [0.717, 1.165) is 25.0 Å². The van der Waals surface area contributed by atoms with E-state index in [1.807, 2.05) is 25.6 Å². The largest absolute Gasteiger partial charge is 0.368 e. The van der Waals surface area contributed by atoms with Crippen LogP contribution >= 0.6 is 11.8 Å². The van der Waals surface area contributed by atoms with Crippen molar-refractivity contribution in [2.45, 2.75) is 108 Å². The number of fused-ring (bicyclic) bond motifs is 1. The molecule has 2 aliphatic rings. The van der Waals surface area contributed by atoms with Crippen LogP contribution in [0.4, 0.5) is 4.79 Å². The van der Waals surface area contributed by atoms with Crippen molar-refractivity contribution >= 4 is 65.1 Å². The third-order valence-electron chi connectivity index (χ3n) is 8.75. The molecule has 1 unspecified atom stereocenters. The average molecular weight is 785 g/mol. The number of primary amides is 1. The first-order chi connectivity index (χ1) is 25.6. The summed E-state index contributed by atoms with van der Waals surface area (Å²) in [5, 5.41) is 29.7. The predicted octanol–water partition coefficient (Wildman–Crippen LogP) is -2.62. The SMILES string of the molecule is CC(C)CC(CC(=O)NO)C(=O)N[C@@H](C)C(=O)NCC(=O)NCC(=O)NCC(=O)N[C@@H](CCCCNC(=O)CCCC[C@@H]1SC[C@@H]2NC(=O)N[C@@H]21)C(N)=O. The van der Waals surface area contributed by atoms with Gasteiger partial charge in [0.05, 0.1) is 31.7 Å². The van der Waals surface area contributed by atoms with Gasteiger partial charge in [0.25, 0.3) is 0 Å². The number of thioether (sulfide) groups is 1. The van der Waals surface area contributed by atoms with Crippen molar-refractivity contribution in [1.82, 2.24) is 48.0 Å².